The fraction of sp³-hybridized carbons (Fsp3) is 0.294. The van der Waals surface area contributed by atoms with E-state index in [2.05, 4.69) is 16.7 Å². The second kappa shape index (κ2) is 8.35. The maximum absolute atomic E-state index is 5.47. The number of hydrogen-bond acceptors (Lipinski definition) is 6. The van der Waals surface area contributed by atoms with E-state index in [9.17, 15) is 0 Å². The summed E-state index contributed by atoms with van der Waals surface area (Å²) in [5, 5.41) is 6.53. The Balaban J connectivity index is 2.47. The molecule has 0 aliphatic heterocycles. The molecule has 1 heterocycles. The van der Waals surface area contributed by atoms with E-state index in [4.69, 9.17) is 14.2 Å². The van der Waals surface area contributed by atoms with Gasteiger partial charge in [0.2, 0.25) is 10.6 Å². The molecule has 24 heavy (non-hydrogen) atoms. The Labute approximate surface area is 145 Å². The number of methoxy groups -OCH3 is 3. The van der Waals surface area contributed by atoms with Gasteiger partial charge in [-0.3, -0.25) is 4.99 Å². The van der Waals surface area contributed by atoms with Crippen LogP contribution < -0.4 is 19.0 Å². The van der Waals surface area contributed by atoms with Crippen molar-refractivity contribution >= 4 is 17.6 Å². The molecule has 0 radical (unpaired) electrons. The summed E-state index contributed by atoms with van der Waals surface area (Å²) in [6.07, 6.45) is 3.47. The van der Waals surface area contributed by atoms with E-state index < -0.39 is 0 Å². The highest BCUT2D eigenvalue weighted by atomic mass is 32.1. The van der Waals surface area contributed by atoms with Gasteiger partial charge in [-0.1, -0.05) is 6.08 Å². The SMILES string of the molecule is C=CCN=c1scc(C)n1N=Cc1ccc(OC)c(OC)c1OC. The molecule has 0 saturated carbocycles. The summed E-state index contributed by atoms with van der Waals surface area (Å²) in [6.45, 7) is 6.21. The summed E-state index contributed by atoms with van der Waals surface area (Å²) in [7, 11) is 4.75. The quantitative estimate of drug-likeness (QED) is 0.572. The van der Waals surface area contributed by atoms with Crippen LogP contribution in [0.25, 0.3) is 0 Å². The fourth-order valence-electron chi connectivity index (χ4n) is 2.12. The molecular formula is C17H21N3O3S. The molecule has 7 heteroatoms. The average Bonchev–Trinajstić information content (AvgIpc) is 2.96. The van der Waals surface area contributed by atoms with E-state index in [-0.39, 0.29) is 0 Å². The zero-order valence-corrected chi connectivity index (χ0v) is 15.1. The van der Waals surface area contributed by atoms with Crippen molar-refractivity contribution in [3.63, 3.8) is 0 Å². The van der Waals surface area contributed by atoms with E-state index in [1.54, 1.807) is 38.3 Å². The number of aryl methyl sites for hydroxylation is 1. The Morgan fingerprint density at radius 3 is 2.54 bits per heavy atom. The van der Waals surface area contributed by atoms with Gasteiger partial charge in [-0.05, 0) is 19.1 Å². The number of hydrogen-bond donors (Lipinski definition) is 0. The molecule has 0 unspecified atom stereocenters. The first-order chi connectivity index (χ1) is 11.7. The summed E-state index contributed by atoms with van der Waals surface area (Å²) in [4.78, 5) is 5.24. The molecule has 0 amide bonds. The highest BCUT2D eigenvalue weighted by molar-refractivity contribution is 7.07. The van der Waals surface area contributed by atoms with Crippen LogP contribution in [0.15, 0.2) is 40.3 Å². The lowest BCUT2D eigenvalue weighted by Gasteiger charge is -2.13. The predicted molar refractivity (Wildman–Crippen MR) is 96.8 cm³/mol. The van der Waals surface area contributed by atoms with Crippen molar-refractivity contribution in [2.75, 3.05) is 27.9 Å². The number of nitrogens with zero attached hydrogens (tertiary/aromatic N) is 3. The third-order valence-corrected chi connectivity index (χ3v) is 4.22. The predicted octanol–water partition coefficient (Wildman–Crippen LogP) is 2.85. The number of aromatic nitrogens is 1. The molecule has 0 spiro atoms. The Hall–Kier alpha value is -2.54. The zero-order valence-electron chi connectivity index (χ0n) is 14.3. The van der Waals surface area contributed by atoms with Crippen LogP contribution >= 0.6 is 11.3 Å². The Bertz CT molecular complexity index is 806. The lowest BCUT2D eigenvalue weighted by molar-refractivity contribution is 0.324. The summed E-state index contributed by atoms with van der Waals surface area (Å²) in [6, 6.07) is 3.68. The molecule has 0 aliphatic rings. The van der Waals surface area contributed by atoms with Gasteiger partial charge in [0.05, 0.1) is 39.8 Å². The number of rotatable bonds is 7. The molecule has 0 saturated heterocycles. The van der Waals surface area contributed by atoms with E-state index in [0.29, 0.717) is 23.8 Å². The summed E-state index contributed by atoms with van der Waals surface area (Å²) < 4.78 is 17.9. The van der Waals surface area contributed by atoms with Crippen LogP contribution in [-0.4, -0.2) is 38.8 Å². The van der Waals surface area contributed by atoms with Crippen LogP contribution in [-0.2, 0) is 0 Å². The second-order valence-corrected chi connectivity index (χ2v) is 5.61. The molecule has 0 bridgehead atoms. The van der Waals surface area contributed by atoms with Crippen LogP contribution in [0.4, 0.5) is 0 Å². The van der Waals surface area contributed by atoms with Crippen LogP contribution in [0.2, 0.25) is 0 Å². The van der Waals surface area contributed by atoms with Crippen molar-refractivity contribution < 1.29 is 14.2 Å². The van der Waals surface area contributed by atoms with Gasteiger partial charge in [0.1, 0.15) is 0 Å². The lowest BCUT2D eigenvalue weighted by Crippen LogP contribution is -2.12. The van der Waals surface area contributed by atoms with Gasteiger partial charge in [-0.15, -0.1) is 17.9 Å². The first-order valence-electron chi connectivity index (χ1n) is 7.28. The smallest absolute Gasteiger partial charge is 0.206 e. The highest BCUT2D eigenvalue weighted by Crippen LogP contribution is 2.38. The van der Waals surface area contributed by atoms with Crippen molar-refractivity contribution in [1.82, 2.24) is 4.68 Å². The van der Waals surface area contributed by atoms with Crippen molar-refractivity contribution in [3.8, 4) is 17.2 Å². The van der Waals surface area contributed by atoms with Crippen LogP contribution in [0.5, 0.6) is 17.2 Å². The number of ether oxygens (including phenoxy) is 3. The minimum absolute atomic E-state index is 0.535. The number of benzene rings is 1. The Kier molecular flexibility index (Phi) is 6.20. The van der Waals surface area contributed by atoms with Crippen molar-refractivity contribution in [3.05, 3.63) is 46.2 Å². The molecule has 2 aromatic rings. The first-order valence-corrected chi connectivity index (χ1v) is 8.16. The third kappa shape index (κ3) is 3.68. The minimum Gasteiger partial charge on any atom is -0.493 e. The molecule has 0 fully saturated rings. The zero-order chi connectivity index (χ0) is 17.5. The average molecular weight is 347 g/mol. The van der Waals surface area contributed by atoms with E-state index in [1.165, 1.54) is 11.3 Å². The molecule has 1 aromatic heterocycles. The monoisotopic (exact) mass is 347 g/mol. The summed E-state index contributed by atoms with van der Waals surface area (Å²) in [5.74, 6) is 1.71. The Morgan fingerprint density at radius 2 is 1.92 bits per heavy atom. The van der Waals surface area contributed by atoms with E-state index in [1.807, 2.05) is 24.4 Å². The van der Waals surface area contributed by atoms with Crippen LogP contribution in [0, 0.1) is 6.92 Å². The normalized spacial score (nSPS) is 11.8. The molecule has 0 atom stereocenters. The van der Waals surface area contributed by atoms with Gasteiger partial charge in [0.25, 0.3) is 0 Å². The minimum atomic E-state index is 0.535. The summed E-state index contributed by atoms with van der Waals surface area (Å²) in [5.41, 5.74) is 1.78. The molecule has 0 aliphatic carbocycles. The van der Waals surface area contributed by atoms with Gasteiger partial charge in [0.15, 0.2) is 11.5 Å². The van der Waals surface area contributed by atoms with Crippen LogP contribution in [0.1, 0.15) is 11.3 Å². The van der Waals surface area contributed by atoms with Gasteiger partial charge < -0.3 is 14.2 Å². The van der Waals surface area contributed by atoms with Gasteiger partial charge in [-0.25, -0.2) is 4.68 Å². The topological polar surface area (TPSA) is 57.3 Å². The van der Waals surface area contributed by atoms with Gasteiger partial charge in [0, 0.05) is 10.9 Å². The summed E-state index contributed by atoms with van der Waals surface area (Å²) >= 11 is 1.53. The molecule has 1 aromatic carbocycles. The van der Waals surface area contributed by atoms with Gasteiger partial charge in [-0.2, -0.15) is 5.10 Å². The molecule has 6 nitrogen and oxygen atoms in total. The van der Waals surface area contributed by atoms with Crippen LogP contribution in [0.3, 0.4) is 0 Å². The Morgan fingerprint density at radius 1 is 1.17 bits per heavy atom. The standard InChI is InChI=1S/C17H21N3O3S/c1-6-9-18-17-20(12(2)11-24-17)19-10-13-7-8-14(21-3)16(23-5)15(13)22-4/h6-8,10-11H,1,9H2,2-5H3. The molecular weight excluding hydrogens is 326 g/mol. The highest BCUT2D eigenvalue weighted by Gasteiger charge is 2.14. The second-order valence-electron chi connectivity index (χ2n) is 4.77. The van der Waals surface area contributed by atoms with Gasteiger partial charge >= 0.3 is 0 Å². The van der Waals surface area contributed by atoms with Crippen molar-refractivity contribution in [2.24, 2.45) is 10.1 Å². The lowest BCUT2D eigenvalue weighted by atomic mass is 10.2. The maximum Gasteiger partial charge on any atom is 0.206 e. The maximum atomic E-state index is 5.47. The van der Waals surface area contributed by atoms with E-state index in [0.717, 1.165) is 16.1 Å². The number of thiazole rings is 1. The third-order valence-electron chi connectivity index (χ3n) is 3.25. The largest absolute Gasteiger partial charge is 0.493 e. The molecule has 128 valence electrons. The molecule has 0 N–H and O–H groups in total. The van der Waals surface area contributed by atoms with Crippen molar-refractivity contribution in [2.45, 2.75) is 6.92 Å². The fourth-order valence-corrected chi connectivity index (χ4v) is 2.94. The van der Waals surface area contributed by atoms with Crippen molar-refractivity contribution in [1.29, 1.82) is 0 Å². The first kappa shape index (κ1) is 17.8. The van der Waals surface area contributed by atoms with E-state index >= 15 is 0 Å². The molecule has 2 rings (SSSR count).